The van der Waals surface area contributed by atoms with Crippen molar-refractivity contribution < 1.29 is 18.1 Å². The number of hydrogen-bond acceptors (Lipinski definition) is 3. The molecule has 1 saturated heterocycles. The van der Waals surface area contributed by atoms with E-state index < -0.39 is 10.0 Å². The van der Waals surface area contributed by atoms with Crippen LogP contribution in [0.15, 0.2) is 29.2 Å². The molecule has 1 heterocycles. The van der Waals surface area contributed by atoms with E-state index in [1.54, 1.807) is 16.4 Å². The molecule has 158 valence electrons. The van der Waals surface area contributed by atoms with E-state index in [4.69, 9.17) is 0 Å². The van der Waals surface area contributed by atoms with Crippen molar-refractivity contribution in [3.05, 3.63) is 29.8 Å². The van der Waals surface area contributed by atoms with Crippen molar-refractivity contribution in [3.63, 3.8) is 0 Å². The molecule has 7 heteroatoms. The van der Waals surface area contributed by atoms with Gasteiger partial charge in [-0.2, -0.15) is 4.31 Å². The fourth-order valence-electron chi connectivity index (χ4n) is 3.49. The number of nitrogens with one attached hydrogen (secondary N) is 2. The Kier molecular flexibility index (Phi) is 7.65. The Morgan fingerprint density at radius 1 is 1.11 bits per heavy atom. The van der Waals surface area contributed by atoms with Crippen LogP contribution in [0.4, 0.5) is 0 Å². The van der Waals surface area contributed by atoms with Crippen molar-refractivity contribution in [1.82, 2.24) is 9.62 Å². The lowest BCUT2D eigenvalue weighted by Crippen LogP contribution is -3.15. The average Bonchev–Trinajstić information content (AvgIpc) is 2.66. The molecular weight excluding hydrogens is 374 g/mol. The Balaban J connectivity index is 1.94. The number of rotatable bonds is 7. The number of piperazine rings is 1. The number of amides is 1. The van der Waals surface area contributed by atoms with Gasteiger partial charge in [0, 0.05) is 6.04 Å². The van der Waals surface area contributed by atoms with Crippen molar-refractivity contribution in [2.24, 2.45) is 0 Å². The maximum absolute atomic E-state index is 12.9. The maximum Gasteiger partial charge on any atom is 0.275 e. The van der Waals surface area contributed by atoms with Crippen LogP contribution in [-0.4, -0.2) is 57.4 Å². The predicted octanol–water partition coefficient (Wildman–Crippen LogP) is 1.18. The molecule has 2 N–H and O–H groups in total. The summed E-state index contributed by atoms with van der Waals surface area (Å²) in [5.41, 5.74) is 1.11. The number of nitrogens with zero attached hydrogens (tertiary/aromatic N) is 1. The van der Waals surface area contributed by atoms with E-state index in [9.17, 15) is 13.2 Å². The molecule has 1 amide bonds. The van der Waals surface area contributed by atoms with Crippen molar-refractivity contribution in [2.75, 3.05) is 32.7 Å². The molecule has 1 fully saturated rings. The third kappa shape index (κ3) is 5.78. The number of benzene rings is 1. The zero-order valence-electron chi connectivity index (χ0n) is 17.9. The van der Waals surface area contributed by atoms with Crippen LogP contribution >= 0.6 is 0 Å². The molecular formula is C21H36N3O3S+. The van der Waals surface area contributed by atoms with Crippen molar-refractivity contribution in [2.45, 2.75) is 63.8 Å². The van der Waals surface area contributed by atoms with Crippen LogP contribution in [0.2, 0.25) is 0 Å². The average molecular weight is 411 g/mol. The molecule has 1 aliphatic heterocycles. The first-order valence-electron chi connectivity index (χ1n) is 10.3. The zero-order valence-corrected chi connectivity index (χ0v) is 18.7. The highest BCUT2D eigenvalue weighted by Crippen LogP contribution is 2.24. The van der Waals surface area contributed by atoms with Gasteiger partial charge in [0.15, 0.2) is 6.54 Å². The molecule has 0 atom stereocenters. The summed E-state index contributed by atoms with van der Waals surface area (Å²) in [6, 6.07) is 7.44. The molecule has 0 bridgehead atoms. The number of hydrogen-bond donors (Lipinski definition) is 2. The van der Waals surface area contributed by atoms with Gasteiger partial charge in [0.05, 0.1) is 31.1 Å². The first kappa shape index (κ1) is 22.8. The van der Waals surface area contributed by atoms with Gasteiger partial charge in [-0.25, -0.2) is 8.42 Å². The monoisotopic (exact) mass is 410 g/mol. The molecule has 0 saturated carbocycles. The fourth-order valence-corrected chi connectivity index (χ4v) is 4.94. The summed E-state index contributed by atoms with van der Waals surface area (Å²) in [5, 5.41) is 3.06. The molecule has 6 nitrogen and oxygen atoms in total. The van der Waals surface area contributed by atoms with E-state index in [-0.39, 0.29) is 17.4 Å². The second-order valence-electron chi connectivity index (χ2n) is 8.69. The third-order valence-electron chi connectivity index (χ3n) is 5.55. The van der Waals surface area contributed by atoms with Gasteiger partial charge in [0.2, 0.25) is 10.0 Å². The molecule has 0 aliphatic carbocycles. The van der Waals surface area contributed by atoms with Crippen molar-refractivity contribution >= 4 is 15.9 Å². The zero-order chi connectivity index (χ0) is 20.9. The lowest BCUT2D eigenvalue weighted by molar-refractivity contribution is -0.895. The van der Waals surface area contributed by atoms with Gasteiger partial charge in [-0.05, 0) is 36.0 Å². The van der Waals surface area contributed by atoms with Crippen LogP contribution in [-0.2, 0) is 20.2 Å². The molecule has 1 aromatic carbocycles. The Morgan fingerprint density at radius 3 is 2.11 bits per heavy atom. The summed E-state index contributed by atoms with van der Waals surface area (Å²) in [6.45, 7) is 13.1. The minimum absolute atomic E-state index is 0.00753. The molecule has 1 aromatic rings. The summed E-state index contributed by atoms with van der Waals surface area (Å²) in [6.07, 6.45) is 1.86. The van der Waals surface area contributed by atoms with E-state index >= 15 is 0 Å². The topological polar surface area (TPSA) is 70.9 Å². The maximum atomic E-state index is 12.9. The summed E-state index contributed by atoms with van der Waals surface area (Å²) in [4.78, 5) is 13.7. The SMILES string of the molecule is CCC(CC)NC(=O)C[NH+]1CCN(S(=O)(=O)c2ccc(C(C)(C)C)cc2)CC1. The highest BCUT2D eigenvalue weighted by Gasteiger charge is 2.31. The van der Waals surface area contributed by atoms with Crippen LogP contribution in [0.3, 0.4) is 0 Å². The van der Waals surface area contributed by atoms with Crippen LogP contribution in [0.5, 0.6) is 0 Å². The number of sulfonamides is 1. The van der Waals surface area contributed by atoms with Gasteiger partial charge in [0.1, 0.15) is 0 Å². The largest absolute Gasteiger partial charge is 0.349 e. The lowest BCUT2D eigenvalue weighted by Gasteiger charge is -2.31. The predicted molar refractivity (Wildman–Crippen MR) is 112 cm³/mol. The van der Waals surface area contributed by atoms with E-state index in [0.717, 1.165) is 23.3 Å². The molecule has 0 radical (unpaired) electrons. The first-order valence-corrected chi connectivity index (χ1v) is 11.8. The second-order valence-corrected chi connectivity index (χ2v) is 10.6. The second kappa shape index (κ2) is 9.37. The molecule has 0 spiro atoms. The van der Waals surface area contributed by atoms with Crippen LogP contribution in [0.1, 0.15) is 53.0 Å². The molecule has 0 aromatic heterocycles. The van der Waals surface area contributed by atoms with Gasteiger partial charge >= 0.3 is 0 Å². The van der Waals surface area contributed by atoms with Crippen molar-refractivity contribution in [3.8, 4) is 0 Å². The van der Waals surface area contributed by atoms with Gasteiger partial charge < -0.3 is 10.2 Å². The summed E-state index contributed by atoms with van der Waals surface area (Å²) in [7, 11) is -3.48. The van der Waals surface area contributed by atoms with Gasteiger partial charge in [-0.15, -0.1) is 0 Å². The van der Waals surface area contributed by atoms with Crippen LogP contribution in [0.25, 0.3) is 0 Å². The van der Waals surface area contributed by atoms with E-state index in [1.165, 1.54) is 0 Å². The smallest absolute Gasteiger partial charge is 0.275 e. The highest BCUT2D eigenvalue weighted by atomic mass is 32.2. The third-order valence-corrected chi connectivity index (χ3v) is 7.46. The Labute approximate surface area is 170 Å². The Bertz CT molecular complexity index is 742. The summed E-state index contributed by atoms with van der Waals surface area (Å²) >= 11 is 0. The quantitative estimate of drug-likeness (QED) is 0.709. The number of quaternary nitrogens is 1. The van der Waals surface area contributed by atoms with E-state index in [2.05, 4.69) is 39.9 Å². The lowest BCUT2D eigenvalue weighted by atomic mass is 9.87. The number of carbonyl (C=O) groups is 1. The summed E-state index contributed by atoms with van der Waals surface area (Å²) in [5.74, 6) is 0.0535. The number of carbonyl (C=O) groups excluding carboxylic acids is 1. The van der Waals surface area contributed by atoms with Crippen molar-refractivity contribution in [1.29, 1.82) is 0 Å². The van der Waals surface area contributed by atoms with Crippen LogP contribution in [0, 0.1) is 0 Å². The minimum atomic E-state index is -3.48. The van der Waals surface area contributed by atoms with Gasteiger partial charge in [0.25, 0.3) is 5.91 Å². The molecule has 2 rings (SSSR count). The highest BCUT2D eigenvalue weighted by molar-refractivity contribution is 7.89. The standard InChI is InChI=1S/C21H35N3O3S/c1-6-18(7-2)22-20(25)16-23-12-14-24(15-13-23)28(26,27)19-10-8-17(9-11-19)21(3,4)5/h8-11,18H,6-7,12-16H2,1-5H3,(H,22,25)/p+1. The van der Waals surface area contributed by atoms with E-state index in [0.29, 0.717) is 37.6 Å². The first-order chi connectivity index (χ1) is 13.1. The molecule has 28 heavy (non-hydrogen) atoms. The Hall–Kier alpha value is -1.44. The minimum Gasteiger partial charge on any atom is -0.349 e. The molecule has 1 aliphatic rings. The van der Waals surface area contributed by atoms with Gasteiger partial charge in [-0.1, -0.05) is 46.8 Å². The van der Waals surface area contributed by atoms with Gasteiger partial charge in [-0.3, -0.25) is 4.79 Å². The van der Waals surface area contributed by atoms with E-state index in [1.807, 2.05) is 12.1 Å². The van der Waals surface area contributed by atoms with Crippen LogP contribution < -0.4 is 10.2 Å². The molecule has 0 unspecified atom stereocenters. The normalized spacial score (nSPS) is 17.1. The fraction of sp³-hybridized carbons (Fsp3) is 0.667. The summed E-state index contributed by atoms with van der Waals surface area (Å²) < 4.78 is 27.4. The Morgan fingerprint density at radius 2 is 1.64 bits per heavy atom.